The van der Waals surface area contributed by atoms with E-state index < -0.39 is 24.7 Å². The van der Waals surface area contributed by atoms with Crippen molar-refractivity contribution in [3.05, 3.63) is 35.4 Å². The number of aryl methyl sites for hydroxylation is 1. The fourth-order valence-corrected chi connectivity index (χ4v) is 2.84. The molecule has 2 atom stereocenters. The van der Waals surface area contributed by atoms with Gasteiger partial charge in [0.1, 0.15) is 0 Å². The lowest BCUT2D eigenvalue weighted by atomic mass is 9.75. The number of carboxylic acid groups (broad SMARTS) is 1. The highest BCUT2D eigenvalue weighted by molar-refractivity contribution is 5.67. The Morgan fingerprint density at radius 2 is 2.11 bits per heavy atom. The average molecular weight is 254 g/mol. The van der Waals surface area contributed by atoms with Crippen LogP contribution < -0.4 is 0 Å². The first-order chi connectivity index (χ1) is 8.59. The van der Waals surface area contributed by atoms with Crippen LogP contribution in [0.1, 0.15) is 36.3 Å². The molecule has 0 spiro atoms. The van der Waals surface area contributed by atoms with Crippen molar-refractivity contribution in [2.75, 3.05) is 0 Å². The number of fused-ring (bicyclic) bond motifs is 1. The van der Waals surface area contributed by atoms with Gasteiger partial charge in [0.25, 0.3) is 0 Å². The maximum absolute atomic E-state index is 13.1. The van der Waals surface area contributed by atoms with Gasteiger partial charge in [-0.05, 0) is 36.3 Å². The first kappa shape index (κ1) is 13.0. The normalized spacial score (nSPS) is 20.5. The lowest BCUT2D eigenvalue weighted by molar-refractivity contribution is -0.140. The molecule has 0 bridgehead atoms. The zero-order valence-corrected chi connectivity index (χ0v) is 9.98. The van der Waals surface area contributed by atoms with E-state index in [1.807, 2.05) is 24.3 Å². The van der Waals surface area contributed by atoms with Gasteiger partial charge < -0.3 is 5.11 Å². The molecule has 0 amide bonds. The summed E-state index contributed by atoms with van der Waals surface area (Å²) < 4.78 is 26.1. The zero-order valence-electron chi connectivity index (χ0n) is 9.98. The maximum Gasteiger partial charge on any atom is 0.303 e. The monoisotopic (exact) mass is 254 g/mol. The van der Waals surface area contributed by atoms with E-state index in [9.17, 15) is 13.6 Å². The van der Waals surface area contributed by atoms with E-state index in [0.29, 0.717) is 6.42 Å². The van der Waals surface area contributed by atoms with Crippen LogP contribution >= 0.6 is 0 Å². The second-order valence-corrected chi connectivity index (χ2v) is 4.79. The van der Waals surface area contributed by atoms with Gasteiger partial charge in [-0.25, -0.2) is 8.78 Å². The van der Waals surface area contributed by atoms with E-state index in [0.717, 1.165) is 24.0 Å². The van der Waals surface area contributed by atoms with Crippen LogP contribution in [-0.2, 0) is 11.2 Å². The Balaban J connectivity index is 2.29. The largest absolute Gasteiger partial charge is 0.481 e. The Hall–Kier alpha value is -1.45. The van der Waals surface area contributed by atoms with E-state index >= 15 is 0 Å². The first-order valence-electron chi connectivity index (χ1n) is 6.17. The third-order valence-corrected chi connectivity index (χ3v) is 3.67. The SMILES string of the molecule is O=C(O)CC(C(F)F)C1CCCc2ccccc21. The fourth-order valence-electron chi connectivity index (χ4n) is 2.84. The molecule has 0 saturated carbocycles. The van der Waals surface area contributed by atoms with Gasteiger partial charge in [0.05, 0.1) is 6.42 Å². The minimum atomic E-state index is -2.59. The van der Waals surface area contributed by atoms with Gasteiger partial charge in [-0.15, -0.1) is 0 Å². The van der Waals surface area contributed by atoms with Crippen molar-refractivity contribution in [1.82, 2.24) is 0 Å². The summed E-state index contributed by atoms with van der Waals surface area (Å²) in [5.74, 6) is -2.56. The van der Waals surface area contributed by atoms with Gasteiger partial charge in [0.15, 0.2) is 0 Å². The summed E-state index contributed by atoms with van der Waals surface area (Å²) in [6.07, 6.45) is -0.645. The van der Waals surface area contributed by atoms with Crippen LogP contribution in [0.2, 0.25) is 0 Å². The van der Waals surface area contributed by atoms with Gasteiger partial charge in [-0.2, -0.15) is 0 Å². The van der Waals surface area contributed by atoms with Crippen molar-refractivity contribution >= 4 is 5.97 Å². The number of hydrogen-bond donors (Lipinski definition) is 1. The van der Waals surface area contributed by atoms with Gasteiger partial charge >= 0.3 is 5.97 Å². The Labute approximate surface area is 105 Å². The van der Waals surface area contributed by atoms with E-state index in [-0.39, 0.29) is 5.92 Å². The summed E-state index contributed by atoms with van der Waals surface area (Å²) in [6.45, 7) is 0. The van der Waals surface area contributed by atoms with Crippen molar-refractivity contribution in [2.45, 2.75) is 38.0 Å². The Morgan fingerprint density at radius 3 is 2.78 bits per heavy atom. The average Bonchev–Trinajstić information content (AvgIpc) is 2.35. The molecule has 0 aliphatic heterocycles. The molecule has 1 aromatic rings. The molecular weight excluding hydrogens is 238 g/mol. The van der Waals surface area contributed by atoms with E-state index in [1.165, 1.54) is 0 Å². The number of hydrogen-bond acceptors (Lipinski definition) is 1. The van der Waals surface area contributed by atoms with Gasteiger partial charge in [-0.1, -0.05) is 24.3 Å². The van der Waals surface area contributed by atoms with E-state index in [2.05, 4.69) is 0 Å². The third-order valence-electron chi connectivity index (χ3n) is 3.67. The number of carbonyl (C=O) groups is 1. The molecule has 0 aromatic heterocycles. The number of halogens is 2. The number of benzene rings is 1. The molecule has 1 aliphatic carbocycles. The molecular formula is C14H16F2O2. The minimum Gasteiger partial charge on any atom is -0.481 e. The second kappa shape index (κ2) is 5.46. The Bertz CT molecular complexity index is 432. The summed E-state index contributed by atoms with van der Waals surface area (Å²) in [4.78, 5) is 10.7. The molecule has 1 aliphatic rings. The fraction of sp³-hybridized carbons (Fsp3) is 0.500. The molecule has 2 rings (SSSR count). The molecule has 0 saturated heterocycles. The van der Waals surface area contributed by atoms with Crippen molar-refractivity contribution < 1.29 is 18.7 Å². The quantitative estimate of drug-likeness (QED) is 0.893. The van der Waals surface area contributed by atoms with E-state index in [4.69, 9.17) is 5.11 Å². The third kappa shape index (κ3) is 2.68. The minimum absolute atomic E-state index is 0.328. The first-order valence-corrected chi connectivity index (χ1v) is 6.17. The van der Waals surface area contributed by atoms with E-state index in [1.54, 1.807) is 0 Å². The van der Waals surface area contributed by atoms with Crippen LogP contribution in [0.5, 0.6) is 0 Å². The molecule has 0 radical (unpaired) electrons. The Morgan fingerprint density at radius 1 is 1.39 bits per heavy atom. The number of alkyl halides is 2. The highest BCUT2D eigenvalue weighted by Gasteiger charge is 2.35. The second-order valence-electron chi connectivity index (χ2n) is 4.79. The molecule has 2 unspecified atom stereocenters. The smallest absolute Gasteiger partial charge is 0.303 e. The van der Waals surface area contributed by atoms with Crippen molar-refractivity contribution in [3.63, 3.8) is 0 Å². The molecule has 4 heteroatoms. The van der Waals surface area contributed by atoms with Crippen molar-refractivity contribution in [1.29, 1.82) is 0 Å². The summed E-state index contributed by atoms with van der Waals surface area (Å²) in [5.41, 5.74) is 2.00. The molecule has 0 heterocycles. The molecule has 98 valence electrons. The van der Waals surface area contributed by atoms with Crippen LogP contribution in [0.3, 0.4) is 0 Å². The molecule has 0 fully saturated rings. The number of aliphatic carboxylic acids is 1. The van der Waals surface area contributed by atoms with Crippen LogP contribution in [0.25, 0.3) is 0 Å². The highest BCUT2D eigenvalue weighted by Crippen LogP contribution is 2.40. The molecule has 1 aromatic carbocycles. The predicted octanol–water partition coefficient (Wildman–Crippen LogP) is 3.46. The van der Waals surface area contributed by atoms with Gasteiger partial charge in [-0.3, -0.25) is 4.79 Å². The van der Waals surface area contributed by atoms with Crippen molar-refractivity contribution in [2.24, 2.45) is 5.92 Å². The van der Waals surface area contributed by atoms with Crippen LogP contribution in [0.4, 0.5) is 8.78 Å². The van der Waals surface area contributed by atoms with Crippen LogP contribution in [-0.4, -0.2) is 17.5 Å². The standard InChI is InChI=1S/C14H16F2O2/c15-14(16)12(8-13(17)18)11-7-3-5-9-4-1-2-6-10(9)11/h1-2,4,6,11-12,14H,3,5,7-8H2,(H,17,18). The van der Waals surface area contributed by atoms with Crippen molar-refractivity contribution in [3.8, 4) is 0 Å². The number of carboxylic acids is 1. The molecule has 2 nitrogen and oxygen atoms in total. The number of rotatable bonds is 4. The lowest BCUT2D eigenvalue weighted by Crippen LogP contribution is -2.26. The summed E-state index contributed by atoms with van der Waals surface area (Å²) >= 11 is 0. The van der Waals surface area contributed by atoms with Crippen LogP contribution in [0, 0.1) is 5.92 Å². The topological polar surface area (TPSA) is 37.3 Å². The zero-order chi connectivity index (χ0) is 13.1. The molecule has 1 N–H and O–H groups in total. The Kier molecular flexibility index (Phi) is 3.94. The maximum atomic E-state index is 13.1. The summed E-state index contributed by atoms with van der Waals surface area (Å²) in [5, 5.41) is 8.78. The predicted molar refractivity (Wildman–Crippen MR) is 63.9 cm³/mol. The summed E-state index contributed by atoms with van der Waals surface area (Å²) in [6, 6.07) is 7.54. The lowest BCUT2D eigenvalue weighted by Gasteiger charge is -2.31. The van der Waals surface area contributed by atoms with Crippen LogP contribution in [0.15, 0.2) is 24.3 Å². The highest BCUT2D eigenvalue weighted by atomic mass is 19.3. The molecule has 18 heavy (non-hydrogen) atoms. The summed E-state index contributed by atoms with van der Waals surface area (Å²) in [7, 11) is 0. The van der Waals surface area contributed by atoms with Gasteiger partial charge in [0.2, 0.25) is 6.43 Å². The van der Waals surface area contributed by atoms with Gasteiger partial charge in [0, 0.05) is 5.92 Å².